The van der Waals surface area contributed by atoms with Gasteiger partial charge in [0.05, 0.1) is 19.2 Å². The Bertz CT molecular complexity index is 270. The smallest absolute Gasteiger partial charge is 0.163 e. The lowest BCUT2D eigenvalue weighted by Gasteiger charge is -2.22. The van der Waals surface area contributed by atoms with E-state index in [1.54, 1.807) is 0 Å². The molecule has 3 saturated heterocycles. The van der Waals surface area contributed by atoms with Crippen LogP contribution in [0.4, 0.5) is 0 Å². The molecule has 0 aromatic heterocycles. The predicted molar refractivity (Wildman–Crippen MR) is 50.9 cm³/mol. The van der Waals surface area contributed by atoms with Crippen LogP contribution in [0.5, 0.6) is 0 Å². The van der Waals surface area contributed by atoms with Gasteiger partial charge in [0.25, 0.3) is 0 Å². The zero-order valence-electron chi connectivity index (χ0n) is 9.05. The zero-order chi connectivity index (χ0) is 10.6. The summed E-state index contributed by atoms with van der Waals surface area (Å²) in [5.74, 6) is -0.473. The van der Waals surface area contributed by atoms with Gasteiger partial charge in [0.15, 0.2) is 5.79 Å². The molecule has 3 aliphatic heterocycles. The van der Waals surface area contributed by atoms with E-state index < -0.39 is 5.79 Å². The molecule has 0 spiro atoms. The van der Waals surface area contributed by atoms with Crippen LogP contribution in [0.15, 0.2) is 0 Å². The molecule has 0 aromatic carbocycles. The quantitative estimate of drug-likeness (QED) is 0.661. The molecule has 5 heteroatoms. The summed E-state index contributed by atoms with van der Waals surface area (Å²) in [4.78, 5) is 5.56. The number of fused-ring (bicyclic) bond motifs is 3. The number of aliphatic hydroxyl groups excluding tert-OH is 1. The summed E-state index contributed by atoms with van der Waals surface area (Å²) >= 11 is 0. The third-order valence-electron chi connectivity index (χ3n) is 3.32. The fraction of sp³-hybridized carbons (Fsp3) is 1.00. The Labute approximate surface area is 88.9 Å². The minimum atomic E-state index is -0.473. The average molecular weight is 215 g/mol. The fourth-order valence-corrected chi connectivity index (χ4v) is 2.79. The topological polar surface area (TPSA) is 51.2 Å². The number of rotatable bonds is 1. The third-order valence-corrected chi connectivity index (χ3v) is 3.32. The Morgan fingerprint density at radius 3 is 2.93 bits per heavy atom. The van der Waals surface area contributed by atoms with Crippen molar-refractivity contribution in [2.24, 2.45) is 0 Å². The van der Waals surface area contributed by atoms with Gasteiger partial charge in [-0.25, -0.2) is 0 Å². The van der Waals surface area contributed by atoms with Gasteiger partial charge in [-0.3, -0.25) is 4.84 Å². The zero-order valence-corrected chi connectivity index (χ0v) is 9.05. The number of hydrogen-bond acceptors (Lipinski definition) is 5. The van der Waals surface area contributed by atoms with Gasteiger partial charge in [0, 0.05) is 0 Å². The molecule has 0 radical (unpaired) electrons. The van der Waals surface area contributed by atoms with Crippen molar-refractivity contribution in [2.75, 3.05) is 13.2 Å². The van der Waals surface area contributed by atoms with E-state index in [2.05, 4.69) is 0 Å². The monoisotopic (exact) mass is 215 g/mol. The first-order valence-electron chi connectivity index (χ1n) is 5.49. The number of hydroxylamine groups is 2. The number of ether oxygens (including phenoxy) is 2. The molecule has 0 unspecified atom stereocenters. The normalized spacial score (nSPS) is 48.2. The van der Waals surface area contributed by atoms with Gasteiger partial charge in [0.2, 0.25) is 0 Å². The molecule has 5 nitrogen and oxygen atoms in total. The summed E-state index contributed by atoms with van der Waals surface area (Å²) in [6.07, 6.45) is 0.973. The predicted octanol–water partition coefficient (Wildman–Crippen LogP) is -0.113. The van der Waals surface area contributed by atoms with E-state index in [0.717, 1.165) is 13.0 Å². The number of hydrogen-bond donors (Lipinski definition) is 1. The molecule has 3 rings (SSSR count). The van der Waals surface area contributed by atoms with Gasteiger partial charge >= 0.3 is 0 Å². The first-order valence-corrected chi connectivity index (χ1v) is 5.49. The molecule has 86 valence electrons. The lowest BCUT2D eigenvalue weighted by molar-refractivity contribution is -0.206. The van der Waals surface area contributed by atoms with Gasteiger partial charge in [-0.2, -0.15) is 5.06 Å². The maximum Gasteiger partial charge on any atom is 0.163 e. The molecule has 0 bridgehead atoms. The highest BCUT2D eigenvalue weighted by atomic mass is 16.8. The van der Waals surface area contributed by atoms with Crippen molar-refractivity contribution in [2.45, 2.75) is 50.4 Å². The van der Waals surface area contributed by atoms with Crippen molar-refractivity contribution >= 4 is 0 Å². The first-order chi connectivity index (χ1) is 7.09. The summed E-state index contributed by atoms with van der Waals surface area (Å²) in [7, 11) is 0. The van der Waals surface area contributed by atoms with Gasteiger partial charge in [-0.15, -0.1) is 0 Å². The first kappa shape index (κ1) is 9.99. The van der Waals surface area contributed by atoms with Crippen LogP contribution in [-0.2, 0) is 14.3 Å². The second-order valence-corrected chi connectivity index (χ2v) is 4.95. The maximum absolute atomic E-state index is 9.04. The molecule has 0 saturated carbocycles. The van der Waals surface area contributed by atoms with E-state index >= 15 is 0 Å². The van der Waals surface area contributed by atoms with Crippen LogP contribution < -0.4 is 0 Å². The van der Waals surface area contributed by atoms with E-state index in [9.17, 15) is 0 Å². The maximum atomic E-state index is 9.04. The SMILES string of the molecule is CC1(C)O[C@@H]2[C@@H](CN3O[C@H](CO)C[C@@H]23)O1. The molecule has 0 aliphatic carbocycles. The van der Waals surface area contributed by atoms with E-state index in [1.807, 2.05) is 18.9 Å². The largest absolute Gasteiger partial charge is 0.394 e. The molecule has 3 fully saturated rings. The molecule has 4 atom stereocenters. The van der Waals surface area contributed by atoms with Gasteiger partial charge in [0.1, 0.15) is 18.3 Å². The molecular weight excluding hydrogens is 198 g/mol. The van der Waals surface area contributed by atoms with E-state index in [4.69, 9.17) is 19.4 Å². The Hall–Kier alpha value is -0.200. The molecule has 1 N–H and O–H groups in total. The van der Waals surface area contributed by atoms with Gasteiger partial charge < -0.3 is 14.6 Å². The second-order valence-electron chi connectivity index (χ2n) is 4.95. The molecule has 3 aliphatic rings. The average Bonchev–Trinajstić information content (AvgIpc) is 2.72. The molecule has 0 aromatic rings. The van der Waals surface area contributed by atoms with Crippen molar-refractivity contribution in [3.63, 3.8) is 0 Å². The summed E-state index contributed by atoms with van der Waals surface area (Å²) in [6, 6.07) is 0.244. The van der Waals surface area contributed by atoms with E-state index in [1.165, 1.54) is 0 Å². The third kappa shape index (κ3) is 1.50. The highest BCUT2D eigenvalue weighted by Crippen LogP contribution is 2.41. The summed E-state index contributed by atoms with van der Waals surface area (Å²) < 4.78 is 11.6. The number of aliphatic hydroxyl groups is 1. The van der Waals surface area contributed by atoms with Crippen LogP contribution in [0.2, 0.25) is 0 Å². The summed E-state index contributed by atoms with van der Waals surface area (Å²) in [6.45, 7) is 4.70. The van der Waals surface area contributed by atoms with Crippen molar-refractivity contribution < 1.29 is 19.4 Å². The van der Waals surface area contributed by atoms with Crippen molar-refractivity contribution in [3.05, 3.63) is 0 Å². The highest BCUT2D eigenvalue weighted by molar-refractivity contribution is 5.00. The lowest BCUT2D eigenvalue weighted by Crippen LogP contribution is -2.33. The van der Waals surface area contributed by atoms with Crippen LogP contribution in [0.1, 0.15) is 20.3 Å². The molecule has 15 heavy (non-hydrogen) atoms. The highest BCUT2D eigenvalue weighted by Gasteiger charge is 2.56. The summed E-state index contributed by atoms with van der Waals surface area (Å²) in [5, 5.41) is 10.9. The van der Waals surface area contributed by atoms with E-state index in [-0.39, 0.29) is 31.0 Å². The standard InChI is InChI=1S/C10H17NO4/c1-10(2)13-8-4-11-7(9(8)14-10)3-6(5-12)15-11/h6-9,12H,3-5H2,1-2H3/t6-,7-,8+,9-/m0/s1. The van der Waals surface area contributed by atoms with Crippen LogP contribution in [0, 0.1) is 0 Å². The Kier molecular flexibility index (Phi) is 2.10. The van der Waals surface area contributed by atoms with Crippen LogP contribution in [0.25, 0.3) is 0 Å². The Morgan fingerprint density at radius 2 is 2.20 bits per heavy atom. The fourth-order valence-electron chi connectivity index (χ4n) is 2.79. The number of nitrogens with zero attached hydrogens (tertiary/aromatic N) is 1. The van der Waals surface area contributed by atoms with E-state index in [0.29, 0.717) is 0 Å². The minimum absolute atomic E-state index is 0.0664. The Morgan fingerprint density at radius 1 is 1.40 bits per heavy atom. The Balaban J connectivity index is 1.73. The van der Waals surface area contributed by atoms with Crippen molar-refractivity contribution in [3.8, 4) is 0 Å². The van der Waals surface area contributed by atoms with Crippen molar-refractivity contribution in [1.29, 1.82) is 0 Å². The van der Waals surface area contributed by atoms with Crippen LogP contribution in [-0.4, -0.2) is 53.5 Å². The molecular formula is C10H17NO4. The summed E-state index contributed by atoms with van der Waals surface area (Å²) in [5.41, 5.74) is 0. The van der Waals surface area contributed by atoms with Gasteiger partial charge in [-0.05, 0) is 20.3 Å². The lowest BCUT2D eigenvalue weighted by atomic mass is 10.1. The molecule has 0 amide bonds. The van der Waals surface area contributed by atoms with Crippen molar-refractivity contribution in [1.82, 2.24) is 5.06 Å². The second kappa shape index (κ2) is 3.15. The van der Waals surface area contributed by atoms with Crippen LogP contribution >= 0.6 is 0 Å². The van der Waals surface area contributed by atoms with Crippen LogP contribution in [0.3, 0.4) is 0 Å². The minimum Gasteiger partial charge on any atom is -0.394 e. The van der Waals surface area contributed by atoms with Gasteiger partial charge in [-0.1, -0.05) is 0 Å². The molecule has 3 heterocycles.